The number of nitrogens with zero attached hydrogens (tertiary/aromatic N) is 2. The zero-order valence-corrected chi connectivity index (χ0v) is 16.4. The van der Waals surface area contributed by atoms with Gasteiger partial charge in [0.05, 0.1) is 28.1 Å². The molecule has 6 nitrogen and oxygen atoms in total. The molecule has 4 rings (SSSR count). The molecule has 0 bridgehead atoms. The maximum absolute atomic E-state index is 12.7. The van der Waals surface area contributed by atoms with E-state index in [9.17, 15) is 13.2 Å². The highest BCUT2D eigenvalue weighted by atomic mass is 32.2. The van der Waals surface area contributed by atoms with Crippen LogP contribution in [0.4, 0.5) is 5.69 Å². The monoisotopic (exact) mass is 401 g/mol. The van der Waals surface area contributed by atoms with Crippen LogP contribution in [0.15, 0.2) is 47.8 Å². The molecule has 0 saturated carbocycles. The van der Waals surface area contributed by atoms with Crippen LogP contribution in [-0.4, -0.2) is 35.6 Å². The van der Waals surface area contributed by atoms with E-state index in [0.29, 0.717) is 12.1 Å². The zero-order chi connectivity index (χ0) is 19.0. The van der Waals surface area contributed by atoms with Crippen LogP contribution < -0.4 is 5.32 Å². The summed E-state index contributed by atoms with van der Waals surface area (Å²) in [6, 6.07) is 12.9. The molecule has 27 heavy (non-hydrogen) atoms. The average molecular weight is 402 g/mol. The van der Waals surface area contributed by atoms with Crippen molar-refractivity contribution >= 4 is 32.8 Å². The van der Waals surface area contributed by atoms with E-state index >= 15 is 0 Å². The molecule has 1 unspecified atom stereocenters. The van der Waals surface area contributed by atoms with Gasteiger partial charge in [-0.1, -0.05) is 18.2 Å². The van der Waals surface area contributed by atoms with Crippen molar-refractivity contribution in [2.45, 2.75) is 19.4 Å². The molecule has 0 radical (unpaired) electrons. The first kappa shape index (κ1) is 17.9. The highest BCUT2D eigenvalue weighted by Gasteiger charge is 2.32. The molecule has 140 valence electrons. The zero-order valence-electron chi connectivity index (χ0n) is 14.8. The Morgan fingerprint density at radius 2 is 2.11 bits per heavy atom. The lowest BCUT2D eigenvalue weighted by Crippen LogP contribution is -2.16. The van der Waals surface area contributed by atoms with Crippen LogP contribution >= 0.6 is 11.3 Å². The second kappa shape index (κ2) is 6.94. The minimum atomic E-state index is -3.05. The molecule has 1 atom stereocenters. The van der Waals surface area contributed by atoms with Gasteiger partial charge in [-0.3, -0.25) is 9.48 Å². The summed E-state index contributed by atoms with van der Waals surface area (Å²) in [5.74, 6) is -0.0869. The first-order valence-electron chi connectivity index (χ1n) is 8.63. The number of hydrogen-bond donors (Lipinski definition) is 1. The summed E-state index contributed by atoms with van der Waals surface area (Å²) in [7, 11) is -3.05. The van der Waals surface area contributed by atoms with E-state index in [1.807, 2.05) is 48.7 Å². The molecule has 8 heteroatoms. The minimum absolute atomic E-state index is 0.0615. The molecule has 3 aromatic rings. The lowest BCUT2D eigenvalue weighted by Gasteiger charge is -2.12. The van der Waals surface area contributed by atoms with Crippen molar-refractivity contribution in [3.05, 3.63) is 59.1 Å². The maximum atomic E-state index is 12.7. The second-order valence-electron chi connectivity index (χ2n) is 6.72. The fourth-order valence-electron chi connectivity index (χ4n) is 3.28. The Hall–Kier alpha value is -2.45. The van der Waals surface area contributed by atoms with Gasteiger partial charge in [0, 0.05) is 5.69 Å². The number of hydrogen-bond acceptors (Lipinski definition) is 5. The molecular weight excluding hydrogens is 382 g/mol. The summed E-state index contributed by atoms with van der Waals surface area (Å²) >= 11 is 1.54. The molecule has 1 saturated heterocycles. The molecule has 1 aliphatic rings. The van der Waals surface area contributed by atoms with Gasteiger partial charge in [0.2, 0.25) is 0 Å². The van der Waals surface area contributed by atoms with Crippen molar-refractivity contribution in [2.75, 3.05) is 16.8 Å². The summed E-state index contributed by atoms with van der Waals surface area (Å²) in [6.07, 6.45) is 0.515. The fraction of sp³-hybridized carbons (Fsp3) is 0.263. The molecule has 1 N–H and O–H groups in total. The molecule has 1 amide bonds. The summed E-state index contributed by atoms with van der Waals surface area (Å²) < 4.78 is 25.5. The smallest absolute Gasteiger partial charge is 0.276 e. The largest absolute Gasteiger partial charge is 0.321 e. The summed E-state index contributed by atoms with van der Waals surface area (Å²) in [4.78, 5) is 13.7. The third-order valence-electron chi connectivity index (χ3n) is 4.57. The predicted molar refractivity (Wildman–Crippen MR) is 107 cm³/mol. The first-order valence-corrected chi connectivity index (χ1v) is 11.3. The van der Waals surface area contributed by atoms with Gasteiger partial charge in [-0.25, -0.2) is 8.42 Å². The van der Waals surface area contributed by atoms with Crippen molar-refractivity contribution in [3.8, 4) is 10.6 Å². The summed E-state index contributed by atoms with van der Waals surface area (Å²) in [5, 5.41) is 9.29. The SMILES string of the molecule is Cc1cccc(NC(=O)c2cc(-c3cccs3)n(C3CCS(=O)(=O)C3)n2)c1. The van der Waals surface area contributed by atoms with Gasteiger partial charge in [-0.2, -0.15) is 5.10 Å². The van der Waals surface area contributed by atoms with Crippen LogP contribution in [0.2, 0.25) is 0 Å². The Bertz CT molecular complexity index is 1090. The lowest BCUT2D eigenvalue weighted by molar-refractivity contribution is 0.102. The first-order chi connectivity index (χ1) is 12.9. The van der Waals surface area contributed by atoms with Crippen LogP contribution in [0.3, 0.4) is 0 Å². The molecule has 0 spiro atoms. The number of aromatic nitrogens is 2. The Kier molecular flexibility index (Phi) is 4.61. The Labute approximate surface area is 161 Å². The van der Waals surface area contributed by atoms with Gasteiger partial charge < -0.3 is 5.32 Å². The van der Waals surface area contributed by atoms with Gasteiger partial charge in [-0.15, -0.1) is 11.3 Å². The highest BCUT2D eigenvalue weighted by molar-refractivity contribution is 7.91. The number of carbonyl (C=O) groups is 1. The van der Waals surface area contributed by atoms with E-state index in [2.05, 4.69) is 10.4 Å². The van der Waals surface area contributed by atoms with Crippen LogP contribution in [-0.2, 0) is 9.84 Å². The number of rotatable bonds is 4. The molecule has 1 fully saturated rings. The number of carbonyl (C=O) groups excluding carboxylic acids is 1. The van der Waals surface area contributed by atoms with Crippen molar-refractivity contribution in [1.82, 2.24) is 9.78 Å². The minimum Gasteiger partial charge on any atom is -0.321 e. The van der Waals surface area contributed by atoms with Crippen molar-refractivity contribution in [2.24, 2.45) is 0 Å². The summed E-state index contributed by atoms with van der Waals surface area (Å²) in [5.41, 5.74) is 2.81. The van der Waals surface area contributed by atoms with Crippen molar-refractivity contribution < 1.29 is 13.2 Å². The van der Waals surface area contributed by atoms with Crippen LogP contribution in [0.1, 0.15) is 28.5 Å². The number of amides is 1. The van der Waals surface area contributed by atoms with E-state index < -0.39 is 9.84 Å². The molecule has 1 aliphatic heterocycles. The number of nitrogens with one attached hydrogen (secondary N) is 1. The maximum Gasteiger partial charge on any atom is 0.276 e. The third-order valence-corrected chi connectivity index (χ3v) is 7.21. The Morgan fingerprint density at radius 3 is 2.78 bits per heavy atom. The number of aryl methyl sites for hydroxylation is 1. The Balaban J connectivity index is 1.68. The highest BCUT2D eigenvalue weighted by Crippen LogP contribution is 2.32. The lowest BCUT2D eigenvalue weighted by atomic mass is 10.2. The van der Waals surface area contributed by atoms with Gasteiger partial charge in [0.15, 0.2) is 15.5 Å². The number of anilines is 1. The Morgan fingerprint density at radius 1 is 1.26 bits per heavy atom. The van der Waals surface area contributed by atoms with E-state index in [4.69, 9.17) is 0 Å². The number of sulfone groups is 1. The molecule has 0 aliphatic carbocycles. The van der Waals surface area contributed by atoms with E-state index in [1.165, 1.54) is 11.3 Å². The second-order valence-corrected chi connectivity index (χ2v) is 9.89. The quantitative estimate of drug-likeness (QED) is 0.725. The van der Waals surface area contributed by atoms with Gasteiger partial charge in [0.1, 0.15) is 0 Å². The van der Waals surface area contributed by atoms with Gasteiger partial charge in [-0.05, 0) is 48.6 Å². The predicted octanol–water partition coefficient (Wildman–Crippen LogP) is 3.53. The fourth-order valence-corrected chi connectivity index (χ4v) is 5.70. The standard InChI is InChI=1S/C19H19N3O3S2/c1-13-4-2-5-14(10-13)20-19(23)16-11-17(18-6-3-8-26-18)22(21-16)15-7-9-27(24,25)12-15/h2-6,8,10-11,15H,7,9,12H2,1H3,(H,20,23). The topological polar surface area (TPSA) is 81.1 Å². The third kappa shape index (κ3) is 3.81. The van der Waals surface area contributed by atoms with E-state index in [-0.39, 0.29) is 29.1 Å². The molecule has 2 aromatic heterocycles. The van der Waals surface area contributed by atoms with Crippen molar-refractivity contribution in [3.63, 3.8) is 0 Å². The van der Waals surface area contributed by atoms with Crippen LogP contribution in [0.25, 0.3) is 10.6 Å². The van der Waals surface area contributed by atoms with Gasteiger partial charge >= 0.3 is 0 Å². The normalized spacial score (nSPS) is 18.5. The molecular formula is C19H19N3O3S2. The van der Waals surface area contributed by atoms with E-state index in [0.717, 1.165) is 16.1 Å². The molecule has 3 heterocycles. The molecule has 1 aromatic carbocycles. The van der Waals surface area contributed by atoms with Crippen LogP contribution in [0.5, 0.6) is 0 Å². The van der Waals surface area contributed by atoms with Crippen molar-refractivity contribution in [1.29, 1.82) is 0 Å². The van der Waals surface area contributed by atoms with Gasteiger partial charge in [0.25, 0.3) is 5.91 Å². The summed E-state index contributed by atoms with van der Waals surface area (Å²) in [6.45, 7) is 1.96. The number of thiophene rings is 1. The average Bonchev–Trinajstić information content (AvgIpc) is 3.32. The van der Waals surface area contributed by atoms with Crippen LogP contribution in [0, 0.1) is 6.92 Å². The van der Waals surface area contributed by atoms with E-state index in [1.54, 1.807) is 10.7 Å². The number of benzene rings is 1.